The van der Waals surface area contributed by atoms with Gasteiger partial charge in [0.15, 0.2) is 23.0 Å². The molecule has 0 fully saturated rings. The van der Waals surface area contributed by atoms with Crippen LogP contribution in [-0.4, -0.2) is 38.9 Å². The van der Waals surface area contributed by atoms with Gasteiger partial charge in [-0.3, -0.25) is 4.90 Å². The second kappa shape index (κ2) is 6.68. The summed E-state index contributed by atoms with van der Waals surface area (Å²) >= 11 is 0. The van der Waals surface area contributed by atoms with Gasteiger partial charge in [0.2, 0.25) is 0 Å². The molecule has 1 atom stereocenters. The van der Waals surface area contributed by atoms with E-state index in [0.717, 1.165) is 29.7 Å². The van der Waals surface area contributed by atoms with Crippen molar-refractivity contribution in [2.45, 2.75) is 18.9 Å². The van der Waals surface area contributed by atoms with Crippen LogP contribution in [0.3, 0.4) is 0 Å². The number of hydrogen-bond donors (Lipinski definition) is 4. The second-order valence-corrected chi connectivity index (χ2v) is 5.81. The van der Waals surface area contributed by atoms with E-state index in [2.05, 4.69) is 4.90 Å². The number of benzene rings is 2. The number of aromatic hydroxyl groups is 4. The highest BCUT2D eigenvalue weighted by Gasteiger charge is 2.26. The normalized spacial score (nSPS) is 17.3. The molecule has 0 aliphatic carbocycles. The minimum absolute atomic E-state index is 0. The molecule has 4 N–H and O–H groups in total. The average molecular weight is 382 g/mol. The van der Waals surface area contributed by atoms with Gasteiger partial charge in [-0.05, 0) is 60.8 Å². The Labute approximate surface area is 145 Å². The Balaban J connectivity index is 0.00000192. The van der Waals surface area contributed by atoms with Crippen LogP contribution in [0.25, 0.3) is 0 Å². The summed E-state index contributed by atoms with van der Waals surface area (Å²) in [6.45, 7) is 0.853. The van der Waals surface area contributed by atoms with Gasteiger partial charge in [-0.15, -0.1) is 17.0 Å². The van der Waals surface area contributed by atoms with Crippen LogP contribution in [0.4, 0.5) is 0 Å². The summed E-state index contributed by atoms with van der Waals surface area (Å²) < 4.78 is 0. The molecule has 0 radical (unpaired) electrons. The highest BCUT2D eigenvalue weighted by molar-refractivity contribution is 8.93. The number of rotatable bonds is 2. The summed E-state index contributed by atoms with van der Waals surface area (Å²) in [6.07, 6.45) is 1.46. The van der Waals surface area contributed by atoms with Gasteiger partial charge in [0.1, 0.15) is 0 Å². The predicted molar refractivity (Wildman–Crippen MR) is 92.6 cm³/mol. The number of likely N-dealkylation sites (N-methyl/N-ethyl adjacent to an activating group) is 1. The summed E-state index contributed by atoms with van der Waals surface area (Å²) in [5, 5.41) is 38.5. The third-order valence-electron chi connectivity index (χ3n) is 4.33. The first-order valence-corrected chi connectivity index (χ1v) is 7.21. The van der Waals surface area contributed by atoms with Crippen LogP contribution in [0, 0.1) is 0 Å². The standard InChI is InChI=1S/C17H19NO4.BrH/c1-18-5-4-11-8-16(21)17(22)9-12(11)13(18)6-10-2-3-14(19)15(20)7-10;/h2-3,7-9,13,19-22H,4-6H2,1H3;1H. The van der Waals surface area contributed by atoms with Gasteiger partial charge in [-0.2, -0.15) is 0 Å². The Morgan fingerprint density at radius 3 is 2.30 bits per heavy atom. The fraction of sp³-hybridized carbons (Fsp3) is 0.294. The number of fused-ring (bicyclic) bond motifs is 1. The number of phenols is 4. The molecular formula is C17H20BrNO4. The fourth-order valence-electron chi connectivity index (χ4n) is 3.04. The smallest absolute Gasteiger partial charge is 0.157 e. The van der Waals surface area contributed by atoms with Crippen molar-refractivity contribution in [3.8, 4) is 23.0 Å². The van der Waals surface area contributed by atoms with E-state index in [1.54, 1.807) is 24.3 Å². The Hall–Kier alpha value is -1.92. The van der Waals surface area contributed by atoms with Gasteiger partial charge < -0.3 is 20.4 Å². The molecule has 1 aliphatic heterocycles. The lowest BCUT2D eigenvalue weighted by molar-refractivity contribution is 0.228. The van der Waals surface area contributed by atoms with Gasteiger partial charge in [-0.1, -0.05) is 6.07 Å². The summed E-state index contributed by atoms with van der Waals surface area (Å²) in [7, 11) is 2.01. The number of hydrogen-bond acceptors (Lipinski definition) is 5. The van der Waals surface area contributed by atoms with Crippen molar-refractivity contribution in [1.82, 2.24) is 4.90 Å². The minimum atomic E-state index is -0.135. The lowest BCUT2D eigenvalue weighted by atomic mass is 9.88. The van der Waals surface area contributed by atoms with E-state index in [0.29, 0.717) is 6.42 Å². The molecule has 1 unspecified atom stereocenters. The molecule has 6 heteroatoms. The third-order valence-corrected chi connectivity index (χ3v) is 4.33. The van der Waals surface area contributed by atoms with E-state index < -0.39 is 0 Å². The molecule has 0 saturated carbocycles. The maximum atomic E-state index is 9.78. The highest BCUT2D eigenvalue weighted by atomic mass is 79.9. The molecule has 0 saturated heterocycles. The van der Waals surface area contributed by atoms with Crippen LogP contribution in [0.5, 0.6) is 23.0 Å². The third kappa shape index (κ3) is 3.38. The Morgan fingerprint density at radius 2 is 1.61 bits per heavy atom. The van der Waals surface area contributed by atoms with Crippen LogP contribution in [0.15, 0.2) is 30.3 Å². The quantitative estimate of drug-likeness (QED) is 0.601. The monoisotopic (exact) mass is 381 g/mol. The maximum absolute atomic E-state index is 9.78. The molecule has 2 aromatic carbocycles. The maximum Gasteiger partial charge on any atom is 0.157 e. The first-order valence-electron chi connectivity index (χ1n) is 7.21. The zero-order valence-electron chi connectivity index (χ0n) is 12.7. The van der Waals surface area contributed by atoms with Crippen molar-refractivity contribution in [1.29, 1.82) is 0 Å². The summed E-state index contributed by atoms with van der Waals surface area (Å²) in [5.74, 6) is -0.481. The first kappa shape index (κ1) is 17.4. The van der Waals surface area contributed by atoms with Crippen molar-refractivity contribution < 1.29 is 20.4 Å². The van der Waals surface area contributed by atoms with Gasteiger partial charge >= 0.3 is 0 Å². The van der Waals surface area contributed by atoms with Gasteiger partial charge in [0.05, 0.1) is 0 Å². The van der Waals surface area contributed by atoms with Crippen molar-refractivity contribution in [2.24, 2.45) is 0 Å². The Morgan fingerprint density at radius 1 is 0.957 bits per heavy atom. The van der Waals surface area contributed by atoms with Gasteiger partial charge in [0.25, 0.3) is 0 Å². The molecule has 23 heavy (non-hydrogen) atoms. The molecule has 0 amide bonds. The highest BCUT2D eigenvalue weighted by Crippen LogP contribution is 2.38. The first-order chi connectivity index (χ1) is 10.5. The molecule has 0 spiro atoms. The van der Waals surface area contributed by atoms with Crippen LogP contribution >= 0.6 is 17.0 Å². The molecule has 5 nitrogen and oxygen atoms in total. The van der Waals surface area contributed by atoms with Crippen LogP contribution in [0.1, 0.15) is 22.7 Å². The van der Waals surface area contributed by atoms with Crippen LogP contribution in [-0.2, 0) is 12.8 Å². The molecule has 124 valence electrons. The molecular weight excluding hydrogens is 362 g/mol. The summed E-state index contributed by atoms with van der Waals surface area (Å²) in [4.78, 5) is 2.18. The zero-order chi connectivity index (χ0) is 15.9. The van der Waals surface area contributed by atoms with E-state index in [1.165, 1.54) is 6.07 Å². The largest absolute Gasteiger partial charge is 0.504 e. The van der Waals surface area contributed by atoms with Crippen molar-refractivity contribution in [3.63, 3.8) is 0 Å². The SMILES string of the molecule is Br.CN1CCc2cc(O)c(O)cc2C1Cc1ccc(O)c(O)c1. The van der Waals surface area contributed by atoms with E-state index in [-0.39, 0.29) is 46.0 Å². The van der Waals surface area contributed by atoms with E-state index in [1.807, 2.05) is 7.05 Å². The molecule has 3 rings (SSSR count). The van der Waals surface area contributed by atoms with Crippen LogP contribution < -0.4 is 0 Å². The predicted octanol–water partition coefficient (Wildman–Crippen LogP) is 2.86. The molecule has 0 aromatic heterocycles. The molecule has 1 aliphatic rings. The van der Waals surface area contributed by atoms with E-state index in [4.69, 9.17) is 0 Å². The fourth-order valence-corrected chi connectivity index (χ4v) is 3.04. The summed E-state index contributed by atoms with van der Waals surface area (Å²) in [5.41, 5.74) is 2.91. The lowest BCUT2D eigenvalue weighted by Gasteiger charge is -2.35. The Kier molecular flexibility index (Phi) is 5.06. The van der Waals surface area contributed by atoms with E-state index >= 15 is 0 Å². The molecule has 1 heterocycles. The average Bonchev–Trinajstić information content (AvgIpc) is 2.48. The minimum Gasteiger partial charge on any atom is -0.504 e. The number of phenolic OH excluding ortho intramolecular Hbond substituents is 4. The molecule has 0 bridgehead atoms. The zero-order valence-corrected chi connectivity index (χ0v) is 14.4. The number of nitrogens with zero attached hydrogens (tertiary/aromatic N) is 1. The van der Waals surface area contributed by atoms with Crippen molar-refractivity contribution in [2.75, 3.05) is 13.6 Å². The van der Waals surface area contributed by atoms with Gasteiger partial charge in [0, 0.05) is 12.6 Å². The Bertz CT molecular complexity index is 720. The molecule has 2 aromatic rings. The van der Waals surface area contributed by atoms with E-state index in [9.17, 15) is 20.4 Å². The van der Waals surface area contributed by atoms with Crippen molar-refractivity contribution >= 4 is 17.0 Å². The second-order valence-electron chi connectivity index (χ2n) is 5.81. The topological polar surface area (TPSA) is 84.2 Å². The van der Waals surface area contributed by atoms with Gasteiger partial charge in [-0.25, -0.2) is 0 Å². The lowest BCUT2D eigenvalue weighted by Crippen LogP contribution is -2.33. The van der Waals surface area contributed by atoms with Crippen molar-refractivity contribution in [3.05, 3.63) is 47.0 Å². The van der Waals surface area contributed by atoms with Crippen LogP contribution in [0.2, 0.25) is 0 Å². The number of halogens is 1. The summed E-state index contributed by atoms with van der Waals surface area (Å²) in [6, 6.07) is 8.08.